The first kappa shape index (κ1) is 25.6. The maximum Gasteiger partial charge on any atom is 0.129 e. The Kier molecular flexibility index (Phi) is 9.22. The molecule has 0 aliphatic carbocycles. The minimum absolute atomic E-state index is 0.740. The van der Waals surface area contributed by atoms with Crippen LogP contribution < -0.4 is 0 Å². The van der Waals surface area contributed by atoms with Crippen LogP contribution >= 0.6 is 0 Å². The third-order valence-corrected chi connectivity index (χ3v) is 6.00. The van der Waals surface area contributed by atoms with Crippen LogP contribution in [-0.4, -0.2) is 32.3 Å². The molecule has 0 saturated heterocycles. The molecule has 0 atom stereocenters. The molecule has 0 saturated carbocycles. The molecule has 0 aromatic rings. The predicted octanol–water partition coefficient (Wildman–Crippen LogP) is 5.96. The summed E-state index contributed by atoms with van der Waals surface area (Å²) in [6, 6.07) is 0. The highest BCUT2D eigenvalue weighted by atomic mass is 28.3. The minimum Gasteiger partial charge on any atom is -0.125 e. The Bertz CT molecular complexity index is 715. The van der Waals surface area contributed by atoms with E-state index in [4.69, 9.17) is 0 Å². The molecule has 0 unspecified atom stereocenters. The van der Waals surface area contributed by atoms with Gasteiger partial charge < -0.3 is 0 Å². The van der Waals surface area contributed by atoms with Gasteiger partial charge in [-0.2, -0.15) is 0 Å². The zero-order valence-electron chi connectivity index (χ0n) is 19.5. The second kappa shape index (κ2) is 9.71. The quantitative estimate of drug-likeness (QED) is 0.255. The minimum atomic E-state index is -1.49. The van der Waals surface area contributed by atoms with Crippen molar-refractivity contribution in [1.29, 1.82) is 0 Å². The summed E-state index contributed by atoms with van der Waals surface area (Å²) < 4.78 is 0. The van der Waals surface area contributed by atoms with E-state index in [9.17, 15) is 0 Å². The van der Waals surface area contributed by atoms with Gasteiger partial charge in [0, 0.05) is 0 Å². The summed E-state index contributed by atoms with van der Waals surface area (Å²) in [5, 5.41) is 0. The summed E-state index contributed by atoms with van der Waals surface area (Å²) in [4.78, 5) is 0. The Balaban J connectivity index is 6.73. The lowest BCUT2D eigenvalue weighted by atomic mass is 10.2. The topological polar surface area (TPSA) is 0 Å². The van der Waals surface area contributed by atoms with Crippen molar-refractivity contribution in [2.24, 2.45) is 0 Å². The summed E-state index contributed by atoms with van der Waals surface area (Å²) in [5.74, 6) is 13.2. The molecule has 0 aromatic heterocycles. The van der Waals surface area contributed by atoms with E-state index in [0.29, 0.717) is 0 Å². The molecule has 0 nitrogen and oxygen atoms in total. The average molecular weight is 425 g/mol. The van der Waals surface area contributed by atoms with Crippen molar-refractivity contribution in [2.75, 3.05) is 0 Å². The van der Waals surface area contributed by atoms with Crippen LogP contribution in [0.3, 0.4) is 0 Å². The van der Waals surface area contributed by atoms with Gasteiger partial charge in [0.1, 0.15) is 43.4 Å². The van der Waals surface area contributed by atoms with Crippen molar-refractivity contribution >= 4 is 32.3 Å². The second-order valence-electron chi connectivity index (χ2n) is 10.9. The highest BCUT2D eigenvalue weighted by molar-refractivity contribution is 6.85. The third-order valence-electron chi connectivity index (χ3n) is 2.50. The molecular formula is C23H36Si4. The van der Waals surface area contributed by atoms with Crippen LogP contribution in [0.4, 0.5) is 0 Å². The van der Waals surface area contributed by atoms with Crippen LogP contribution in [0.2, 0.25) is 78.6 Å². The van der Waals surface area contributed by atoms with Crippen molar-refractivity contribution in [3.05, 3.63) is 16.9 Å². The lowest BCUT2D eigenvalue weighted by Gasteiger charge is -2.04. The van der Waals surface area contributed by atoms with Crippen LogP contribution in [0.15, 0.2) is 16.9 Å². The highest BCUT2D eigenvalue weighted by Gasteiger charge is 2.11. The van der Waals surface area contributed by atoms with Crippen molar-refractivity contribution < 1.29 is 0 Å². The molecule has 144 valence electrons. The van der Waals surface area contributed by atoms with E-state index in [0.717, 1.165) is 11.1 Å². The van der Waals surface area contributed by atoms with Gasteiger partial charge in [0.2, 0.25) is 0 Å². The molecule has 0 fully saturated rings. The van der Waals surface area contributed by atoms with Gasteiger partial charge in [0.25, 0.3) is 0 Å². The highest BCUT2D eigenvalue weighted by Crippen LogP contribution is 2.04. The second-order valence-corrected chi connectivity index (χ2v) is 29.9. The average Bonchev–Trinajstić information content (AvgIpc) is 2.40. The number of rotatable bonds is 0. The van der Waals surface area contributed by atoms with Gasteiger partial charge in [-0.1, -0.05) is 108 Å². The monoisotopic (exact) mass is 424 g/mol. The lowest BCUT2D eigenvalue weighted by Crippen LogP contribution is -2.17. The molecule has 0 rings (SSSR count). The summed E-state index contributed by atoms with van der Waals surface area (Å²) in [7, 11) is -5.95. The van der Waals surface area contributed by atoms with E-state index in [2.05, 4.69) is 130 Å². The van der Waals surface area contributed by atoms with Crippen LogP contribution in [0, 0.1) is 45.9 Å². The number of allylic oxidation sites excluding steroid dienone is 1. The van der Waals surface area contributed by atoms with Gasteiger partial charge in [-0.3, -0.25) is 0 Å². The van der Waals surface area contributed by atoms with Gasteiger partial charge in [-0.05, 0) is 0 Å². The fraction of sp³-hybridized carbons (Fsp3) is 0.522. The first-order chi connectivity index (χ1) is 11.9. The molecule has 0 aliphatic rings. The van der Waals surface area contributed by atoms with E-state index in [1.165, 1.54) is 0 Å². The van der Waals surface area contributed by atoms with Gasteiger partial charge in [-0.15, -0.1) is 22.2 Å². The molecule has 0 radical (unpaired) electrons. The summed E-state index contributed by atoms with van der Waals surface area (Å²) in [6.07, 6.45) is 0. The zero-order chi connectivity index (χ0) is 21.5. The van der Waals surface area contributed by atoms with Crippen LogP contribution in [0.25, 0.3) is 0 Å². The Morgan fingerprint density at radius 2 is 0.556 bits per heavy atom. The molecule has 0 amide bonds. The molecule has 0 heterocycles. The van der Waals surface area contributed by atoms with E-state index in [1.807, 2.05) is 0 Å². The molecule has 0 aliphatic heterocycles. The molecule has 0 aromatic carbocycles. The molecule has 0 spiro atoms. The van der Waals surface area contributed by atoms with Crippen LogP contribution in [0.5, 0.6) is 0 Å². The van der Waals surface area contributed by atoms with Crippen LogP contribution in [0.1, 0.15) is 0 Å². The van der Waals surface area contributed by atoms with Crippen molar-refractivity contribution in [1.82, 2.24) is 0 Å². The first-order valence-corrected chi connectivity index (χ1v) is 23.5. The lowest BCUT2D eigenvalue weighted by molar-refractivity contribution is 1.77. The smallest absolute Gasteiger partial charge is 0.125 e. The summed E-state index contributed by atoms with van der Waals surface area (Å²) >= 11 is 0. The molecule has 0 N–H and O–H groups in total. The van der Waals surface area contributed by atoms with Gasteiger partial charge in [-0.25, -0.2) is 0 Å². The SMILES string of the molecule is C[Si](C)(C)C#CC(=C=C(C#C[Si](C)(C)C)C#C[Si](C)(C)C)C#C[Si](C)(C)C. The molecular weight excluding hydrogens is 389 g/mol. The molecule has 0 bridgehead atoms. The fourth-order valence-corrected chi connectivity index (χ4v) is 3.31. The third kappa shape index (κ3) is 17.8. The zero-order valence-corrected chi connectivity index (χ0v) is 23.5. The van der Waals surface area contributed by atoms with E-state index in [-0.39, 0.29) is 0 Å². The van der Waals surface area contributed by atoms with Crippen molar-refractivity contribution in [3.8, 4) is 45.9 Å². The standard InChI is InChI=1S/C23H36Si4/c1-24(2,3)17-13-22(14-18-25(4,5)6)21-23(15-19-26(7,8)9)16-20-27(10,11)12/h1-12H3. The largest absolute Gasteiger partial charge is 0.129 e. The maximum absolute atomic E-state index is 3.42. The Hall–Kier alpha value is -1.37. The Labute approximate surface area is 173 Å². The Morgan fingerprint density at radius 3 is 0.704 bits per heavy atom. The van der Waals surface area contributed by atoms with E-state index < -0.39 is 32.3 Å². The van der Waals surface area contributed by atoms with E-state index in [1.54, 1.807) is 0 Å². The summed E-state index contributed by atoms with van der Waals surface area (Å²) in [5.41, 5.74) is 18.5. The van der Waals surface area contributed by atoms with Gasteiger partial charge in [0.15, 0.2) is 0 Å². The Morgan fingerprint density at radius 1 is 0.370 bits per heavy atom. The van der Waals surface area contributed by atoms with Gasteiger partial charge >= 0.3 is 0 Å². The first-order valence-electron chi connectivity index (χ1n) is 9.50. The summed E-state index contributed by atoms with van der Waals surface area (Å²) in [6.45, 7) is 26.9. The molecule has 4 heteroatoms. The number of hydrogen-bond donors (Lipinski definition) is 0. The fourth-order valence-electron chi connectivity index (χ4n) is 1.31. The molecule has 27 heavy (non-hydrogen) atoms. The van der Waals surface area contributed by atoms with Crippen molar-refractivity contribution in [2.45, 2.75) is 78.6 Å². The van der Waals surface area contributed by atoms with Crippen LogP contribution in [-0.2, 0) is 0 Å². The maximum atomic E-state index is 3.42. The normalized spacial score (nSPS) is 11.1. The van der Waals surface area contributed by atoms with E-state index >= 15 is 0 Å². The van der Waals surface area contributed by atoms with Crippen molar-refractivity contribution in [3.63, 3.8) is 0 Å². The predicted molar refractivity (Wildman–Crippen MR) is 135 cm³/mol. The number of hydrogen-bond acceptors (Lipinski definition) is 0. The van der Waals surface area contributed by atoms with Gasteiger partial charge in [0.05, 0.1) is 0 Å².